The Morgan fingerprint density at radius 2 is 2.21 bits per heavy atom. The average molecular weight is 324 g/mol. The number of hydrogen-bond donors (Lipinski definition) is 1. The van der Waals surface area contributed by atoms with Gasteiger partial charge in [0, 0.05) is 13.0 Å². The molecule has 6 heteroatoms. The van der Waals surface area contributed by atoms with Crippen LogP contribution in [0.1, 0.15) is 35.7 Å². The number of aromatic nitrogens is 4. The number of nitrogens with one attached hydrogen (secondary N) is 1. The third-order valence-electron chi connectivity index (χ3n) is 4.59. The molecule has 0 bridgehead atoms. The summed E-state index contributed by atoms with van der Waals surface area (Å²) in [4.78, 5) is 20.0. The van der Waals surface area contributed by atoms with Crippen LogP contribution in [0.15, 0.2) is 29.1 Å². The highest BCUT2D eigenvalue weighted by atomic mass is 16.5. The lowest BCUT2D eigenvalue weighted by Gasteiger charge is -2.25. The van der Waals surface area contributed by atoms with Crippen LogP contribution in [0.3, 0.4) is 0 Å². The lowest BCUT2D eigenvalue weighted by molar-refractivity contribution is 0.0414. The zero-order chi connectivity index (χ0) is 16.7. The zero-order valence-electron chi connectivity index (χ0n) is 13.9. The molecule has 0 saturated heterocycles. The van der Waals surface area contributed by atoms with Crippen LogP contribution in [0.25, 0.3) is 11.0 Å². The molecule has 3 heterocycles. The van der Waals surface area contributed by atoms with Crippen molar-refractivity contribution in [3.8, 4) is 0 Å². The second-order valence-corrected chi connectivity index (χ2v) is 6.12. The second-order valence-electron chi connectivity index (χ2n) is 6.12. The molecular formula is C18H20N4O2. The molecule has 24 heavy (non-hydrogen) atoms. The van der Waals surface area contributed by atoms with Gasteiger partial charge in [-0.2, -0.15) is 5.10 Å². The van der Waals surface area contributed by atoms with E-state index in [-0.39, 0.29) is 11.7 Å². The second kappa shape index (κ2) is 5.87. The maximum absolute atomic E-state index is 12.5. The number of ether oxygens (including phenoxy) is 1. The quantitative estimate of drug-likeness (QED) is 0.802. The average Bonchev–Trinajstić information content (AvgIpc) is 2.92. The fourth-order valence-electron chi connectivity index (χ4n) is 3.43. The summed E-state index contributed by atoms with van der Waals surface area (Å²) in [5.41, 5.74) is 4.37. The molecule has 6 nitrogen and oxygen atoms in total. The molecule has 0 fully saturated rings. The van der Waals surface area contributed by atoms with Crippen molar-refractivity contribution in [1.82, 2.24) is 19.7 Å². The predicted molar refractivity (Wildman–Crippen MR) is 91.1 cm³/mol. The van der Waals surface area contributed by atoms with E-state index in [1.54, 1.807) is 4.68 Å². The first-order chi connectivity index (χ1) is 11.7. The molecule has 1 aliphatic rings. The van der Waals surface area contributed by atoms with E-state index < -0.39 is 0 Å². The SMILES string of the molecule is CCn1nc(C)c2nc(CC3OCCc4ccccc43)[nH]c(=O)c21. The number of aromatic amines is 1. The van der Waals surface area contributed by atoms with Crippen LogP contribution in [0.5, 0.6) is 0 Å². The van der Waals surface area contributed by atoms with Gasteiger partial charge in [-0.3, -0.25) is 9.48 Å². The molecule has 0 aliphatic carbocycles. The van der Waals surface area contributed by atoms with E-state index in [4.69, 9.17) is 4.74 Å². The predicted octanol–water partition coefficient (Wildman–Crippen LogP) is 2.30. The minimum absolute atomic E-state index is 0.0722. The molecule has 0 amide bonds. The van der Waals surface area contributed by atoms with Gasteiger partial charge in [-0.15, -0.1) is 0 Å². The number of benzene rings is 1. The first kappa shape index (κ1) is 15.1. The monoisotopic (exact) mass is 324 g/mol. The fourth-order valence-corrected chi connectivity index (χ4v) is 3.43. The Morgan fingerprint density at radius 3 is 3.04 bits per heavy atom. The van der Waals surface area contributed by atoms with Crippen LogP contribution >= 0.6 is 0 Å². The number of hydrogen-bond acceptors (Lipinski definition) is 4. The minimum atomic E-state index is -0.137. The van der Waals surface area contributed by atoms with E-state index in [0.717, 1.165) is 12.1 Å². The van der Waals surface area contributed by atoms with Gasteiger partial charge in [0.2, 0.25) is 0 Å². The highest BCUT2D eigenvalue weighted by Crippen LogP contribution is 2.29. The van der Waals surface area contributed by atoms with Crippen molar-refractivity contribution in [2.75, 3.05) is 6.61 Å². The first-order valence-electron chi connectivity index (χ1n) is 8.33. The summed E-state index contributed by atoms with van der Waals surface area (Å²) in [6, 6.07) is 8.31. The molecule has 2 aromatic heterocycles. The van der Waals surface area contributed by atoms with Gasteiger partial charge in [0.15, 0.2) is 5.52 Å². The standard InChI is InChI=1S/C18H20N4O2/c1-3-22-17-16(11(2)21-22)19-15(20-18(17)23)10-14-13-7-5-4-6-12(13)8-9-24-14/h4-7,14H,3,8-10H2,1-2H3,(H,19,20,23). The van der Waals surface area contributed by atoms with Crippen LogP contribution in [0, 0.1) is 6.92 Å². The molecule has 124 valence electrons. The molecule has 1 aliphatic heterocycles. The lowest BCUT2D eigenvalue weighted by atomic mass is 9.95. The van der Waals surface area contributed by atoms with Gasteiger partial charge in [0.25, 0.3) is 5.56 Å². The van der Waals surface area contributed by atoms with Crippen molar-refractivity contribution in [3.05, 3.63) is 57.3 Å². The van der Waals surface area contributed by atoms with Gasteiger partial charge >= 0.3 is 0 Å². The van der Waals surface area contributed by atoms with Crippen molar-refractivity contribution < 1.29 is 4.74 Å². The number of fused-ring (bicyclic) bond motifs is 2. The number of H-pyrrole nitrogens is 1. The van der Waals surface area contributed by atoms with Gasteiger partial charge in [-0.1, -0.05) is 24.3 Å². The summed E-state index contributed by atoms with van der Waals surface area (Å²) < 4.78 is 7.64. The topological polar surface area (TPSA) is 72.8 Å². The summed E-state index contributed by atoms with van der Waals surface area (Å²) in [6.45, 7) is 5.19. The van der Waals surface area contributed by atoms with Gasteiger partial charge in [0.1, 0.15) is 11.3 Å². The summed E-state index contributed by atoms with van der Waals surface area (Å²) in [5.74, 6) is 0.646. The number of nitrogens with zero attached hydrogens (tertiary/aromatic N) is 3. The van der Waals surface area contributed by atoms with E-state index in [1.807, 2.05) is 19.9 Å². The van der Waals surface area contributed by atoms with Crippen molar-refractivity contribution in [3.63, 3.8) is 0 Å². The Balaban J connectivity index is 1.74. The number of rotatable bonds is 3. The van der Waals surface area contributed by atoms with Crippen molar-refractivity contribution >= 4 is 11.0 Å². The summed E-state index contributed by atoms with van der Waals surface area (Å²) in [5, 5.41) is 4.40. The Bertz CT molecular complexity index is 957. The van der Waals surface area contributed by atoms with Crippen LogP contribution in [-0.2, 0) is 24.1 Å². The van der Waals surface area contributed by atoms with Crippen LogP contribution in [0.2, 0.25) is 0 Å². The minimum Gasteiger partial charge on any atom is -0.373 e. The molecule has 0 radical (unpaired) electrons. The normalized spacial score (nSPS) is 17.2. The number of aryl methyl sites for hydroxylation is 2. The van der Waals surface area contributed by atoms with Gasteiger partial charge in [-0.25, -0.2) is 4.98 Å². The van der Waals surface area contributed by atoms with E-state index in [0.29, 0.717) is 36.4 Å². The zero-order valence-corrected chi connectivity index (χ0v) is 13.9. The van der Waals surface area contributed by atoms with Gasteiger partial charge in [0.05, 0.1) is 18.4 Å². The molecule has 0 spiro atoms. The smallest absolute Gasteiger partial charge is 0.277 e. The Labute approximate surface area is 139 Å². The molecule has 4 rings (SSSR count). The van der Waals surface area contributed by atoms with Gasteiger partial charge < -0.3 is 9.72 Å². The maximum atomic E-state index is 12.5. The Kier molecular flexibility index (Phi) is 3.69. The summed E-state index contributed by atoms with van der Waals surface area (Å²) in [7, 11) is 0. The molecule has 1 atom stereocenters. The van der Waals surface area contributed by atoms with E-state index in [2.05, 4.69) is 33.3 Å². The van der Waals surface area contributed by atoms with E-state index >= 15 is 0 Å². The fraction of sp³-hybridized carbons (Fsp3) is 0.389. The third-order valence-corrected chi connectivity index (χ3v) is 4.59. The van der Waals surface area contributed by atoms with Crippen molar-refractivity contribution in [1.29, 1.82) is 0 Å². The molecule has 1 unspecified atom stereocenters. The molecule has 1 N–H and O–H groups in total. The largest absolute Gasteiger partial charge is 0.373 e. The summed E-state index contributed by atoms with van der Waals surface area (Å²) in [6.07, 6.45) is 1.41. The van der Waals surface area contributed by atoms with E-state index in [1.165, 1.54) is 11.1 Å². The molecule has 3 aromatic rings. The first-order valence-corrected chi connectivity index (χ1v) is 8.33. The summed E-state index contributed by atoms with van der Waals surface area (Å²) >= 11 is 0. The van der Waals surface area contributed by atoms with Crippen molar-refractivity contribution in [2.24, 2.45) is 0 Å². The molecular weight excluding hydrogens is 304 g/mol. The lowest BCUT2D eigenvalue weighted by Crippen LogP contribution is -2.21. The molecule has 0 saturated carbocycles. The molecule has 1 aromatic carbocycles. The Morgan fingerprint density at radius 1 is 1.38 bits per heavy atom. The Hall–Kier alpha value is -2.47. The maximum Gasteiger partial charge on any atom is 0.277 e. The van der Waals surface area contributed by atoms with Crippen molar-refractivity contribution in [2.45, 2.75) is 39.3 Å². The van der Waals surface area contributed by atoms with Crippen LogP contribution in [-0.4, -0.2) is 26.4 Å². The highest BCUT2D eigenvalue weighted by molar-refractivity contribution is 5.76. The van der Waals surface area contributed by atoms with Crippen LogP contribution in [0.4, 0.5) is 0 Å². The van der Waals surface area contributed by atoms with E-state index in [9.17, 15) is 4.79 Å². The van der Waals surface area contributed by atoms with Crippen LogP contribution < -0.4 is 5.56 Å². The third kappa shape index (κ3) is 2.43. The highest BCUT2D eigenvalue weighted by Gasteiger charge is 2.22. The van der Waals surface area contributed by atoms with Gasteiger partial charge in [-0.05, 0) is 31.4 Å².